The van der Waals surface area contributed by atoms with Gasteiger partial charge in [0.05, 0.1) is 5.92 Å². The second kappa shape index (κ2) is 9.65. The van der Waals surface area contributed by atoms with Crippen LogP contribution in [0.2, 0.25) is 0 Å². The second-order valence-corrected chi connectivity index (χ2v) is 4.17. The van der Waals surface area contributed by atoms with Gasteiger partial charge in [-0.05, 0) is 24.1 Å². The average molecular weight is 304 g/mol. The van der Waals surface area contributed by atoms with Crippen molar-refractivity contribution in [2.45, 2.75) is 12.8 Å². The van der Waals surface area contributed by atoms with Crippen LogP contribution in [-0.2, 0) is 4.79 Å². The number of benzene rings is 2. The van der Waals surface area contributed by atoms with Gasteiger partial charge >= 0.3 is 35.5 Å². The number of rotatable bonds is 3. The van der Waals surface area contributed by atoms with E-state index < -0.39 is 17.7 Å². The molecule has 2 aromatic rings. The fraction of sp³-hybridized carbons (Fsp3) is 0.133. The van der Waals surface area contributed by atoms with Crippen molar-refractivity contribution in [3.05, 3.63) is 59.9 Å². The van der Waals surface area contributed by atoms with Crippen molar-refractivity contribution >= 4 is 5.97 Å². The van der Waals surface area contributed by atoms with Gasteiger partial charge in [-0.1, -0.05) is 42.5 Å². The minimum Gasteiger partial charge on any atom is -1.00 e. The molecule has 0 aliphatic heterocycles. The number of hydrogen-bond donors (Lipinski definition) is 1. The van der Waals surface area contributed by atoms with Crippen LogP contribution in [0.3, 0.4) is 0 Å². The van der Waals surface area contributed by atoms with E-state index in [1.807, 2.05) is 30.3 Å². The van der Waals surface area contributed by atoms with Gasteiger partial charge in [-0.3, -0.25) is 4.79 Å². The summed E-state index contributed by atoms with van der Waals surface area (Å²) in [4.78, 5) is 10.8. The first-order chi connectivity index (χ1) is 8.59. The molecule has 1 unspecified atom stereocenters. The predicted molar refractivity (Wildman–Crippen MR) is 76.2 cm³/mol. The summed E-state index contributed by atoms with van der Waals surface area (Å²) in [7, 11) is 0. The zero-order chi connectivity index (χ0) is 13.1. The monoisotopic (exact) mass is 304 g/mol. The molecule has 0 aliphatic rings. The van der Waals surface area contributed by atoms with E-state index in [0.29, 0.717) is 11.1 Å². The van der Waals surface area contributed by atoms with E-state index in [9.17, 15) is 9.18 Å². The first-order valence-corrected chi connectivity index (χ1v) is 5.67. The Morgan fingerprint density at radius 2 is 1.71 bits per heavy atom. The van der Waals surface area contributed by atoms with Gasteiger partial charge in [0, 0.05) is 5.56 Å². The minimum atomic E-state index is -0.957. The summed E-state index contributed by atoms with van der Waals surface area (Å²) in [6.45, 7) is 1.54. The van der Waals surface area contributed by atoms with Crippen LogP contribution < -0.4 is 29.6 Å². The topological polar surface area (TPSA) is 100 Å². The maximum absolute atomic E-state index is 14.0. The number of carboxylic acids is 1. The van der Waals surface area contributed by atoms with Gasteiger partial charge in [-0.25, -0.2) is 4.39 Å². The average Bonchev–Trinajstić information content (AvgIpc) is 2.38. The third-order valence-electron chi connectivity index (χ3n) is 2.95. The molecule has 2 aromatic carbocycles. The van der Waals surface area contributed by atoms with Crippen LogP contribution in [0.5, 0.6) is 0 Å². The minimum absolute atomic E-state index is 0. The Balaban J connectivity index is -0.000000902. The Bertz CT molecular complexity index is 581. The molecule has 0 saturated heterocycles. The van der Waals surface area contributed by atoms with Crippen molar-refractivity contribution in [3.8, 4) is 11.1 Å². The fourth-order valence-corrected chi connectivity index (χ4v) is 1.80. The van der Waals surface area contributed by atoms with Gasteiger partial charge in [0.15, 0.2) is 0 Å². The van der Waals surface area contributed by atoms with Crippen LogP contribution >= 0.6 is 0 Å². The van der Waals surface area contributed by atoms with Crippen molar-refractivity contribution < 1.29 is 56.2 Å². The van der Waals surface area contributed by atoms with E-state index in [1.165, 1.54) is 6.07 Å². The van der Waals surface area contributed by atoms with Gasteiger partial charge in [-0.2, -0.15) is 0 Å². The molecule has 6 heteroatoms. The molecule has 0 fully saturated rings. The van der Waals surface area contributed by atoms with Crippen molar-refractivity contribution in [2.75, 3.05) is 0 Å². The van der Waals surface area contributed by atoms with E-state index in [-0.39, 0.29) is 41.9 Å². The summed E-state index contributed by atoms with van der Waals surface area (Å²) in [6.07, 6.45) is 0. The molecule has 4 nitrogen and oxygen atoms in total. The third-order valence-corrected chi connectivity index (χ3v) is 2.95. The van der Waals surface area contributed by atoms with Crippen molar-refractivity contribution in [1.29, 1.82) is 0 Å². The molecular formula is C15H18FNaO4. The van der Waals surface area contributed by atoms with Crippen LogP contribution in [-0.4, -0.2) is 22.0 Å². The van der Waals surface area contributed by atoms with Crippen LogP contribution in [0.15, 0.2) is 48.5 Å². The smallest absolute Gasteiger partial charge is 1.00 e. The van der Waals surface area contributed by atoms with Crippen molar-refractivity contribution in [3.63, 3.8) is 0 Å². The standard InChI is InChI=1S/C15H13FO2.Na.2H2O.H/c1-10(15(17)18)12-7-8-13(14(16)9-12)11-5-3-2-4-6-11;;;;/h2-10H,1H3,(H,17,18);;2*1H2;/q;+1;;;-1. The van der Waals surface area contributed by atoms with Gasteiger partial charge in [0.2, 0.25) is 0 Å². The Labute approximate surface area is 146 Å². The van der Waals surface area contributed by atoms with E-state index >= 15 is 0 Å². The molecule has 0 spiro atoms. The van der Waals surface area contributed by atoms with Crippen LogP contribution in [0.25, 0.3) is 11.1 Å². The van der Waals surface area contributed by atoms with Gasteiger partial charge in [0.1, 0.15) is 5.82 Å². The quantitative estimate of drug-likeness (QED) is 0.747. The van der Waals surface area contributed by atoms with Crippen LogP contribution in [0.1, 0.15) is 19.8 Å². The molecule has 110 valence electrons. The largest absolute Gasteiger partial charge is 1.00 e. The van der Waals surface area contributed by atoms with E-state index in [4.69, 9.17) is 5.11 Å². The first kappa shape index (κ1) is 22.0. The summed E-state index contributed by atoms with van der Waals surface area (Å²) >= 11 is 0. The molecule has 5 N–H and O–H groups in total. The van der Waals surface area contributed by atoms with E-state index in [1.54, 1.807) is 19.1 Å². The fourth-order valence-electron chi connectivity index (χ4n) is 1.80. The SMILES string of the molecule is CC(C(=O)O)c1ccc(-c2ccccc2)c(F)c1.O.O.[H-].[Na+]. The maximum Gasteiger partial charge on any atom is 1.00 e. The summed E-state index contributed by atoms with van der Waals surface area (Å²) in [6, 6.07) is 13.7. The summed E-state index contributed by atoms with van der Waals surface area (Å²) in [5.41, 5.74) is 1.74. The molecule has 1 atom stereocenters. The summed E-state index contributed by atoms with van der Waals surface area (Å²) in [5.74, 6) is -2.06. The molecule has 2 rings (SSSR count). The normalized spacial score (nSPS) is 10.4. The van der Waals surface area contributed by atoms with Crippen molar-refractivity contribution in [1.82, 2.24) is 0 Å². The Morgan fingerprint density at radius 3 is 2.19 bits per heavy atom. The summed E-state index contributed by atoms with van der Waals surface area (Å²) < 4.78 is 14.0. The zero-order valence-corrected chi connectivity index (χ0v) is 13.9. The Morgan fingerprint density at radius 1 is 1.14 bits per heavy atom. The van der Waals surface area contributed by atoms with E-state index in [0.717, 1.165) is 5.56 Å². The Kier molecular flexibility index (Phi) is 10.1. The van der Waals surface area contributed by atoms with E-state index in [2.05, 4.69) is 0 Å². The molecule has 0 aliphatic carbocycles. The molecule has 0 bridgehead atoms. The number of hydrogen-bond acceptors (Lipinski definition) is 1. The molecule has 21 heavy (non-hydrogen) atoms. The van der Waals surface area contributed by atoms with Gasteiger partial charge in [-0.15, -0.1) is 0 Å². The molecule has 0 radical (unpaired) electrons. The summed E-state index contributed by atoms with van der Waals surface area (Å²) in [5, 5.41) is 8.89. The zero-order valence-electron chi connectivity index (χ0n) is 12.9. The van der Waals surface area contributed by atoms with Gasteiger partial charge < -0.3 is 17.5 Å². The molecular weight excluding hydrogens is 286 g/mol. The van der Waals surface area contributed by atoms with Crippen LogP contribution in [0.4, 0.5) is 4.39 Å². The molecule has 0 aromatic heterocycles. The third kappa shape index (κ3) is 5.22. The first-order valence-electron chi connectivity index (χ1n) is 5.67. The number of carbonyl (C=O) groups is 1. The number of aliphatic carboxylic acids is 1. The van der Waals surface area contributed by atoms with Crippen molar-refractivity contribution in [2.24, 2.45) is 0 Å². The number of halogens is 1. The second-order valence-electron chi connectivity index (χ2n) is 4.17. The Hall–Kier alpha value is -1.24. The van der Waals surface area contributed by atoms with Gasteiger partial charge in [0.25, 0.3) is 0 Å². The number of carboxylic acid groups (broad SMARTS) is 1. The maximum atomic E-state index is 14.0. The molecule has 0 heterocycles. The predicted octanol–water partition coefficient (Wildman–Crippen LogP) is -0.852. The molecule has 0 saturated carbocycles. The molecule has 0 amide bonds. The van der Waals surface area contributed by atoms with Crippen LogP contribution in [0, 0.1) is 5.82 Å².